The van der Waals surface area contributed by atoms with Crippen molar-refractivity contribution < 1.29 is 18.6 Å². The number of hydrogen-bond donors (Lipinski definition) is 2. The second-order valence-electron chi connectivity index (χ2n) is 5.52. The largest absolute Gasteiger partial charge is 0.497 e. The van der Waals surface area contributed by atoms with Crippen molar-refractivity contribution in [3.05, 3.63) is 47.9 Å². The third kappa shape index (κ3) is 8.08. The minimum atomic E-state index is 0. The van der Waals surface area contributed by atoms with Crippen molar-refractivity contribution in [1.82, 2.24) is 10.6 Å². The quantitative estimate of drug-likeness (QED) is 0.232. The van der Waals surface area contributed by atoms with Gasteiger partial charge >= 0.3 is 0 Å². The van der Waals surface area contributed by atoms with Gasteiger partial charge in [-0.15, -0.1) is 24.0 Å². The van der Waals surface area contributed by atoms with Crippen molar-refractivity contribution in [1.29, 1.82) is 0 Å². The molecule has 27 heavy (non-hydrogen) atoms. The van der Waals surface area contributed by atoms with Gasteiger partial charge in [-0.25, -0.2) is 4.99 Å². The molecule has 150 valence electrons. The average molecular weight is 489 g/mol. The van der Waals surface area contributed by atoms with E-state index in [0.717, 1.165) is 29.2 Å². The van der Waals surface area contributed by atoms with Gasteiger partial charge in [0.2, 0.25) is 0 Å². The number of ether oxygens (including phenoxy) is 3. The van der Waals surface area contributed by atoms with Crippen LogP contribution in [-0.2, 0) is 17.7 Å². The maximum Gasteiger partial charge on any atom is 0.191 e. The molecule has 2 rings (SSSR count). The third-order valence-electron chi connectivity index (χ3n) is 3.74. The predicted octanol–water partition coefficient (Wildman–Crippen LogP) is 2.84. The lowest BCUT2D eigenvalue weighted by Gasteiger charge is -2.13. The zero-order valence-electron chi connectivity index (χ0n) is 16.0. The zero-order chi connectivity index (χ0) is 18.6. The Bertz CT molecular complexity index is 678. The van der Waals surface area contributed by atoms with Gasteiger partial charge in [0.15, 0.2) is 5.96 Å². The highest BCUT2D eigenvalue weighted by Gasteiger charge is 2.06. The molecule has 2 N–H and O–H groups in total. The zero-order valence-corrected chi connectivity index (χ0v) is 18.3. The fourth-order valence-corrected chi connectivity index (χ4v) is 2.35. The lowest BCUT2D eigenvalue weighted by Crippen LogP contribution is -2.40. The van der Waals surface area contributed by atoms with E-state index in [1.165, 1.54) is 0 Å². The normalized spacial score (nSPS) is 10.9. The van der Waals surface area contributed by atoms with E-state index >= 15 is 0 Å². The van der Waals surface area contributed by atoms with E-state index in [2.05, 4.69) is 15.6 Å². The first-order valence-electron chi connectivity index (χ1n) is 8.51. The molecule has 1 aromatic carbocycles. The summed E-state index contributed by atoms with van der Waals surface area (Å²) in [6.45, 7) is 2.47. The summed E-state index contributed by atoms with van der Waals surface area (Å²) in [6, 6.07) is 9.55. The summed E-state index contributed by atoms with van der Waals surface area (Å²) in [5.74, 6) is 3.15. The summed E-state index contributed by atoms with van der Waals surface area (Å²) >= 11 is 0. The molecule has 8 heteroatoms. The average Bonchev–Trinajstić information content (AvgIpc) is 3.19. The summed E-state index contributed by atoms with van der Waals surface area (Å²) in [7, 11) is 4.94. The molecule has 0 spiro atoms. The van der Waals surface area contributed by atoms with Crippen LogP contribution >= 0.6 is 24.0 Å². The maximum absolute atomic E-state index is 5.43. The van der Waals surface area contributed by atoms with Gasteiger partial charge in [0.1, 0.15) is 17.3 Å². The second kappa shape index (κ2) is 13.3. The highest BCUT2D eigenvalue weighted by molar-refractivity contribution is 14.0. The van der Waals surface area contributed by atoms with Gasteiger partial charge in [-0.3, -0.25) is 0 Å². The molecule has 2 aromatic rings. The third-order valence-corrected chi connectivity index (χ3v) is 3.74. The molecule has 0 radical (unpaired) electrons. The maximum atomic E-state index is 5.43. The first kappa shape index (κ1) is 23.1. The molecule has 0 amide bonds. The molecule has 1 heterocycles. The molecule has 0 aliphatic rings. The molecule has 0 saturated heterocycles. The Kier molecular flexibility index (Phi) is 11.3. The number of benzene rings is 1. The van der Waals surface area contributed by atoms with Gasteiger partial charge in [0.05, 0.1) is 33.6 Å². The van der Waals surface area contributed by atoms with Crippen molar-refractivity contribution in [2.75, 3.05) is 41.0 Å². The van der Waals surface area contributed by atoms with Gasteiger partial charge in [-0.05, 0) is 24.3 Å². The van der Waals surface area contributed by atoms with Crippen LogP contribution in [-0.4, -0.2) is 47.0 Å². The molecule has 0 unspecified atom stereocenters. The van der Waals surface area contributed by atoms with E-state index in [4.69, 9.17) is 18.6 Å². The van der Waals surface area contributed by atoms with Crippen LogP contribution in [0.4, 0.5) is 0 Å². The summed E-state index contributed by atoms with van der Waals surface area (Å²) in [5, 5.41) is 6.55. The molecular formula is C19H28IN3O4. The Morgan fingerprint density at radius 3 is 2.56 bits per heavy atom. The SMILES string of the molecule is COCCNC(=NCc1ccc(OC)cc1OC)NCCc1ccco1.I. The van der Waals surface area contributed by atoms with E-state index in [0.29, 0.717) is 32.2 Å². The Morgan fingerprint density at radius 2 is 1.89 bits per heavy atom. The van der Waals surface area contributed by atoms with Crippen LogP contribution in [0.25, 0.3) is 0 Å². The smallest absolute Gasteiger partial charge is 0.191 e. The highest BCUT2D eigenvalue weighted by atomic mass is 127. The first-order valence-corrected chi connectivity index (χ1v) is 8.51. The van der Waals surface area contributed by atoms with Crippen LogP contribution in [0, 0.1) is 0 Å². The Morgan fingerprint density at radius 1 is 1.07 bits per heavy atom. The standard InChI is InChI=1S/C19H27N3O4.HI/c1-23-12-10-21-19(20-9-8-16-5-4-11-26-16)22-14-15-6-7-17(24-2)13-18(15)25-3;/h4-7,11,13H,8-10,12,14H2,1-3H3,(H2,20,21,22);1H. The minimum Gasteiger partial charge on any atom is -0.497 e. The van der Waals surface area contributed by atoms with E-state index in [-0.39, 0.29) is 24.0 Å². The number of rotatable bonds is 10. The van der Waals surface area contributed by atoms with Crippen LogP contribution in [0.3, 0.4) is 0 Å². The van der Waals surface area contributed by atoms with E-state index in [9.17, 15) is 0 Å². The predicted molar refractivity (Wildman–Crippen MR) is 116 cm³/mol. The second-order valence-corrected chi connectivity index (χ2v) is 5.52. The number of nitrogens with one attached hydrogen (secondary N) is 2. The van der Waals surface area contributed by atoms with Crippen molar-refractivity contribution in [2.24, 2.45) is 4.99 Å². The summed E-state index contributed by atoms with van der Waals surface area (Å²) in [4.78, 5) is 4.64. The summed E-state index contributed by atoms with van der Waals surface area (Å²) in [5.41, 5.74) is 0.979. The van der Waals surface area contributed by atoms with Crippen LogP contribution in [0.2, 0.25) is 0 Å². The van der Waals surface area contributed by atoms with Gasteiger partial charge in [-0.2, -0.15) is 0 Å². The van der Waals surface area contributed by atoms with Crippen molar-refractivity contribution in [2.45, 2.75) is 13.0 Å². The first-order chi connectivity index (χ1) is 12.8. The van der Waals surface area contributed by atoms with Gasteiger partial charge in [0, 0.05) is 38.2 Å². The van der Waals surface area contributed by atoms with Crippen LogP contribution in [0.1, 0.15) is 11.3 Å². The summed E-state index contributed by atoms with van der Waals surface area (Å²) < 4.78 is 21.1. The molecule has 0 aliphatic heterocycles. The van der Waals surface area contributed by atoms with E-state index < -0.39 is 0 Å². The highest BCUT2D eigenvalue weighted by Crippen LogP contribution is 2.25. The molecule has 0 saturated carbocycles. The monoisotopic (exact) mass is 489 g/mol. The van der Waals surface area contributed by atoms with Crippen LogP contribution in [0.5, 0.6) is 11.5 Å². The van der Waals surface area contributed by atoms with E-state index in [1.807, 2.05) is 30.3 Å². The number of halogens is 1. The van der Waals surface area contributed by atoms with Crippen molar-refractivity contribution in [3.8, 4) is 11.5 Å². The van der Waals surface area contributed by atoms with Crippen molar-refractivity contribution in [3.63, 3.8) is 0 Å². The number of methoxy groups -OCH3 is 3. The van der Waals surface area contributed by atoms with Crippen molar-refractivity contribution >= 4 is 29.9 Å². The fourth-order valence-electron chi connectivity index (χ4n) is 2.35. The molecule has 0 bridgehead atoms. The Labute approximate surface area is 177 Å². The number of hydrogen-bond acceptors (Lipinski definition) is 5. The fraction of sp³-hybridized carbons (Fsp3) is 0.421. The lowest BCUT2D eigenvalue weighted by atomic mass is 10.2. The molecule has 1 aromatic heterocycles. The summed E-state index contributed by atoms with van der Waals surface area (Å²) in [6.07, 6.45) is 2.46. The van der Waals surface area contributed by atoms with Gasteiger partial charge < -0.3 is 29.3 Å². The number of furan rings is 1. The van der Waals surface area contributed by atoms with Gasteiger partial charge in [0.25, 0.3) is 0 Å². The lowest BCUT2D eigenvalue weighted by molar-refractivity contribution is 0.203. The number of aliphatic imine (C=N–C) groups is 1. The molecule has 0 atom stereocenters. The number of guanidine groups is 1. The van der Waals surface area contributed by atoms with Crippen LogP contribution < -0.4 is 20.1 Å². The minimum absolute atomic E-state index is 0. The number of nitrogens with zero attached hydrogens (tertiary/aromatic N) is 1. The van der Waals surface area contributed by atoms with Crippen LogP contribution in [0.15, 0.2) is 46.0 Å². The molecular weight excluding hydrogens is 461 g/mol. The Hall–Kier alpha value is -1.94. The molecule has 0 fully saturated rings. The van der Waals surface area contributed by atoms with E-state index in [1.54, 1.807) is 27.6 Å². The topological polar surface area (TPSA) is 77.2 Å². The van der Waals surface area contributed by atoms with Gasteiger partial charge in [-0.1, -0.05) is 0 Å². The Balaban J connectivity index is 0.00000364. The molecule has 7 nitrogen and oxygen atoms in total. The molecule has 0 aliphatic carbocycles.